The molecule has 1 amide bonds. The summed E-state index contributed by atoms with van der Waals surface area (Å²) in [7, 11) is -7.45. The molecule has 2 unspecified atom stereocenters. The molecule has 9 heteroatoms. The van der Waals surface area contributed by atoms with Crippen LogP contribution in [-0.2, 0) is 30.1 Å². The van der Waals surface area contributed by atoms with Gasteiger partial charge in [-0.25, -0.2) is 16.8 Å². The molecule has 1 saturated heterocycles. The summed E-state index contributed by atoms with van der Waals surface area (Å²) in [6.07, 6.45) is 0.316. The van der Waals surface area contributed by atoms with Crippen LogP contribution in [0.5, 0.6) is 0 Å². The lowest BCUT2D eigenvalue weighted by atomic mass is 9.87. The largest absolute Gasteiger partial charge is 0.340 e. The Hall–Kier alpha value is -2.23. The fourth-order valence-corrected chi connectivity index (χ4v) is 6.65. The summed E-state index contributed by atoms with van der Waals surface area (Å²) in [6, 6.07) is 13.7. The molecule has 32 heavy (non-hydrogen) atoms. The van der Waals surface area contributed by atoms with Gasteiger partial charge in [-0.05, 0) is 48.6 Å². The third kappa shape index (κ3) is 5.22. The molecule has 0 spiro atoms. The standard InChI is InChI=1S/C23H30N2O5S2/c1-17(24-32(29,30)20-12-10-18(11-13-20)23(2,3)4)22(26)25-15-14-21(16-25)31(27,28)19-8-6-5-7-9-19/h5-13,17,21,24H,14-16H2,1-4H3. The first-order valence-corrected chi connectivity index (χ1v) is 13.6. The number of nitrogens with zero attached hydrogens (tertiary/aromatic N) is 1. The van der Waals surface area contributed by atoms with Crippen molar-refractivity contribution < 1.29 is 21.6 Å². The highest BCUT2D eigenvalue weighted by Crippen LogP contribution is 2.25. The summed E-state index contributed by atoms with van der Waals surface area (Å²) in [6.45, 7) is 7.90. The van der Waals surface area contributed by atoms with Crippen LogP contribution >= 0.6 is 0 Å². The van der Waals surface area contributed by atoms with Crippen LogP contribution in [0, 0.1) is 0 Å². The molecule has 1 aliphatic heterocycles. The lowest BCUT2D eigenvalue weighted by Crippen LogP contribution is -2.46. The van der Waals surface area contributed by atoms with Gasteiger partial charge in [0.1, 0.15) is 0 Å². The number of nitrogens with one attached hydrogen (secondary N) is 1. The number of rotatable bonds is 6. The van der Waals surface area contributed by atoms with Gasteiger partial charge in [0, 0.05) is 13.1 Å². The fraction of sp³-hybridized carbons (Fsp3) is 0.435. The molecule has 0 aliphatic carbocycles. The van der Waals surface area contributed by atoms with Crippen molar-refractivity contribution in [2.75, 3.05) is 13.1 Å². The van der Waals surface area contributed by atoms with Crippen LogP contribution in [0.3, 0.4) is 0 Å². The zero-order valence-electron chi connectivity index (χ0n) is 18.8. The van der Waals surface area contributed by atoms with Gasteiger partial charge in [-0.2, -0.15) is 4.72 Å². The average Bonchev–Trinajstić information content (AvgIpc) is 3.24. The molecule has 0 aromatic heterocycles. The number of hydrogen-bond acceptors (Lipinski definition) is 5. The van der Waals surface area contributed by atoms with Gasteiger partial charge in [-0.1, -0.05) is 51.1 Å². The first kappa shape index (κ1) is 24.4. The Morgan fingerprint density at radius 3 is 2.12 bits per heavy atom. The van der Waals surface area contributed by atoms with Gasteiger partial charge < -0.3 is 4.90 Å². The van der Waals surface area contributed by atoms with Crippen molar-refractivity contribution in [3.63, 3.8) is 0 Å². The smallest absolute Gasteiger partial charge is 0.241 e. The zero-order valence-corrected chi connectivity index (χ0v) is 20.4. The van der Waals surface area contributed by atoms with E-state index in [1.54, 1.807) is 42.5 Å². The van der Waals surface area contributed by atoms with Gasteiger partial charge in [-0.3, -0.25) is 4.79 Å². The molecule has 1 fully saturated rings. The van der Waals surface area contributed by atoms with E-state index in [9.17, 15) is 21.6 Å². The lowest BCUT2D eigenvalue weighted by molar-refractivity contribution is -0.131. The van der Waals surface area contributed by atoms with Crippen LogP contribution in [0.1, 0.15) is 39.7 Å². The number of benzene rings is 2. The second-order valence-corrected chi connectivity index (χ2v) is 13.1. The number of sulfonamides is 1. The van der Waals surface area contributed by atoms with E-state index in [4.69, 9.17) is 0 Å². The summed E-state index contributed by atoms with van der Waals surface area (Å²) in [5.41, 5.74) is 0.897. The second kappa shape index (κ2) is 8.96. The minimum absolute atomic E-state index is 0.0441. The van der Waals surface area contributed by atoms with E-state index < -0.39 is 37.1 Å². The molecular formula is C23H30N2O5S2. The first-order chi connectivity index (χ1) is 14.8. The quantitative estimate of drug-likeness (QED) is 0.688. The van der Waals surface area contributed by atoms with Gasteiger partial charge in [0.25, 0.3) is 0 Å². The molecule has 2 aromatic rings. The normalized spacial score (nSPS) is 18.5. The number of sulfone groups is 1. The third-order valence-corrected chi connectivity index (χ3v) is 9.45. The maximum atomic E-state index is 12.9. The molecule has 3 rings (SSSR count). The number of amides is 1. The van der Waals surface area contributed by atoms with E-state index in [-0.39, 0.29) is 28.3 Å². The Morgan fingerprint density at radius 2 is 1.56 bits per heavy atom. The van der Waals surface area contributed by atoms with Crippen LogP contribution in [0.25, 0.3) is 0 Å². The molecule has 174 valence electrons. The van der Waals surface area contributed by atoms with E-state index in [2.05, 4.69) is 4.72 Å². The Labute approximate surface area is 190 Å². The van der Waals surface area contributed by atoms with Gasteiger partial charge in [0.2, 0.25) is 15.9 Å². The molecule has 0 bridgehead atoms. The first-order valence-electron chi connectivity index (χ1n) is 10.5. The third-order valence-electron chi connectivity index (χ3n) is 5.70. The molecule has 7 nitrogen and oxygen atoms in total. The predicted molar refractivity (Wildman–Crippen MR) is 124 cm³/mol. The summed E-state index contributed by atoms with van der Waals surface area (Å²) in [5.74, 6) is -0.439. The van der Waals surface area contributed by atoms with Gasteiger partial charge in [-0.15, -0.1) is 0 Å². The maximum Gasteiger partial charge on any atom is 0.241 e. The van der Waals surface area contributed by atoms with Crippen LogP contribution in [0.4, 0.5) is 0 Å². The Kier molecular flexibility index (Phi) is 6.83. The van der Waals surface area contributed by atoms with Crippen molar-refractivity contribution in [2.24, 2.45) is 0 Å². The number of carbonyl (C=O) groups excluding carboxylic acids is 1. The average molecular weight is 479 g/mol. The van der Waals surface area contributed by atoms with Crippen LogP contribution in [0.2, 0.25) is 0 Å². The summed E-state index contributed by atoms with van der Waals surface area (Å²) in [5, 5.41) is -0.706. The van der Waals surface area contributed by atoms with Gasteiger partial charge in [0.15, 0.2) is 9.84 Å². The van der Waals surface area contributed by atoms with E-state index in [1.807, 2.05) is 20.8 Å². The molecule has 1 N–H and O–H groups in total. The van der Waals surface area contributed by atoms with Crippen molar-refractivity contribution in [1.29, 1.82) is 0 Å². The summed E-state index contributed by atoms with van der Waals surface area (Å²) < 4.78 is 53.6. The van der Waals surface area contributed by atoms with Crippen molar-refractivity contribution in [2.45, 2.75) is 60.6 Å². The van der Waals surface area contributed by atoms with Crippen molar-refractivity contribution in [3.05, 3.63) is 60.2 Å². The van der Waals surface area contributed by atoms with Crippen molar-refractivity contribution >= 4 is 25.8 Å². The van der Waals surface area contributed by atoms with Crippen molar-refractivity contribution in [3.8, 4) is 0 Å². The van der Waals surface area contributed by atoms with E-state index in [0.29, 0.717) is 6.42 Å². The highest BCUT2D eigenvalue weighted by molar-refractivity contribution is 7.92. The Balaban J connectivity index is 1.67. The van der Waals surface area contributed by atoms with E-state index >= 15 is 0 Å². The Bertz CT molecular complexity index is 1170. The van der Waals surface area contributed by atoms with Crippen molar-refractivity contribution in [1.82, 2.24) is 9.62 Å². The lowest BCUT2D eigenvalue weighted by Gasteiger charge is -2.22. The van der Waals surface area contributed by atoms with Crippen LogP contribution in [-0.4, -0.2) is 52.0 Å². The maximum absolute atomic E-state index is 12.9. The molecular weight excluding hydrogens is 448 g/mol. The minimum Gasteiger partial charge on any atom is -0.340 e. The minimum atomic E-state index is -3.90. The predicted octanol–water partition coefficient (Wildman–Crippen LogP) is 2.73. The zero-order chi connectivity index (χ0) is 23.7. The molecule has 1 heterocycles. The topological polar surface area (TPSA) is 101 Å². The van der Waals surface area contributed by atoms with E-state index in [0.717, 1.165) is 5.56 Å². The number of carbonyl (C=O) groups is 1. The number of hydrogen-bond donors (Lipinski definition) is 1. The van der Waals surface area contributed by atoms with Gasteiger partial charge >= 0.3 is 0 Å². The molecule has 0 saturated carbocycles. The van der Waals surface area contributed by atoms with E-state index in [1.165, 1.54) is 24.0 Å². The highest BCUT2D eigenvalue weighted by Gasteiger charge is 2.38. The monoisotopic (exact) mass is 478 g/mol. The Morgan fingerprint density at radius 1 is 0.969 bits per heavy atom. The summed E-state index contributed by atoms with van der Waals surface area (Å²) in [4.78, 5) is 14.6. The summed E-state index contributed by atoms with van der Waals surface area (Å²) >= 11 is 0. The highest BCUT2D eigenvalue weighted by atomic mass is 32.2. The second-order valence-electron chi connectivity index (χ2n) is 9.17. The molecule has 0 radical (unpaired) electrons. The van der Waals surface area contributed by atoms with Gasteiger partial charge in [0.05, 0.1) is 21.1 Å². The number of likely N-dealkylation sites (tertiary alicyclic amines) is 1. The molecule has 2 atom stereocenters. The molecule has 1 aliphatic rings. The van der Waals surface area contributed by atoms with Crippen LogP contribution in [0.15, 0.2) is 64.4 Å². The molecule has 2 aromatic carbocycles. The fourth-order valence-electron chi connectivity index (χ4n) is 3.74. The van der Waals surface area contributed by atoms with Crippen LogP contribution < -0.4 is 4.72 Å². The SMILES string of the molecule is CC(NS(=O)(=O)c1ccc(C(C)(C)C)cc1)C(=O)N1CCC(S(=O)(=O)c2ccccc2)C1.